The molecule has 0 aliphatic carbocycles. The summed E-state index contributed by atoms with van der Waals surface area (Å²) < 4.78 is 0. The molecule has 0 amide bonds. The molecule has 0 bridgehead atoms. The summed E-state index contributed by atoms with van der Waals surface area (Å²) in [7, 11) is 0. The van der Waals surface area contributed by atoms with Crippen molar-refractivity contribution in [1.29, 1.82) is 0 Å². The normalized spacial score (nSPS) is 15.5. The van der Waals surface area contributed by atoms with Gasteiger partial charge in [-0.15, -0.1) is 0 Å². The zero-order valence-corrected chi connectivity index (χ0v) is 18.3. The lowest BCUT2D eigenvalue weighted by Gasteiger charge is -2.24. The number of nitrogens with zero attached hydrogens (tertiary/aromatic N) is 2. The van der Waals surface area contributed by atoms with Crippen molar-refractivity contribution in [2.75, 3.05) is 10.3 Å². The van der Waals surface area contributed by atoms with Crippen molar-refractivity contribution in [3.05, 3.63) is 131 Å². The van der Waals surface area contributed by atoms with Crippen molar-refractivity contribution in [3.63, 3.8) is 0 Å². The molecule has 0 spiro atoms. The highest BCUT2D eigenvalue weighted by molar-refractivity contribution is 6.03. The van der Waals surface area contributed by atoms with Gasteiger partial charge in [-0.3, -0.25) is 5.01 Å². The fourth-order valence-corrected chi connectivity index (χ4v) is 4.21. The number of hydrogen-bond acceptors (Lipinski definition) is 3. The fraction of sp³-hybridized carbons (Fsp3) is 0.138. The predicted molar refractivity (Wildman–Crippen MR) is 134 cm³/mol. The largest absolute Gasteiger partial charge is 0.381 e. The summed E-state index contributed by atoms with van der Waals surface area (Å²) in [5, 5.41) is 10.7. The highest BCUT2D eigenvalue weighted by Gasteiger charge is 2.29. The van der Waals surface area contributed by atoms with E-state index in [0.29, 0.717) is 0 Å². The quantitative estimate of drug-likeness (QED) is 0.367. The van der Waals surface area contributed by atoms with Gasteiger partial charge in [-0.1, -0.05) is 84.9 Å². The van der Waals surface area contributed by atoms with Crippen molar-refractivity contribution in [3.8, 4) is 0 Å². The summed E-state index contributed by atoms with van der Waals surface area (Å²) in [6, 6.07) is 38.6. The zero-order chi connectivity index (χ0) is 21.8. The number of hydrogen-bond donors (Lipinski definition) is 1. The molecule has 0 saturated heterocycles. The topological polar surface area (TPSA) is 27.6 Å². The monoisotopic (exact) mass is 417 g/mol. The lowest BCUT2D eigenvalue weighted by molar-refractivity contribution is 0.709. The van der Waals surface area contributed by atoms with Gasteiger partial charge in [0.1, 0.15) is 0 Å². The van der Waals surface area contributed by atoms with Gasteiger partial charge in [0.25, 0.3) is 0 Å². The molecule has 1 aliphatic rings. The van der Waals surface area contributed by atoms with Crippen LogP contribution < -0.4 is 10.3 Å². The minimum absolute atomic E-state index is 0.197. The predicted octanol–water partition coefficient (Wildman–Crippen LogP) is 6.96. The molecule has 3 heteroatoms. The Morgan fingerprint density at radius 2 is 1.53 bits per heavy atom. The Hall–Kier alpha value is -3.85. The number of nitrogens with one attached hydrogen (secondary N) is 1. The molecule has 1 N–H and O–H groups in total. The first-order valence-corrected chi connectivity index (χ1v) is 11.1. The average molecular weight is 418 g/mol. The molecule has 1 aliphatic heterocycles. The van der Waals surface area contributed by atoms with Crippen LogP contribution in [0.3, 0.4) is 0 Å². The zero-order valence-electron chi connectivity index (χ0n) is 18.3. The van der Waals surface area contributed by atoms with Gasteiger partial charge in [0.05, 0.1) is 17.4 Å². The molecule has 158 valence electrons. The third-order valence-corrected chi connectivity index (χ3v) is 5.92. The van der Waals surface area contributed by atoms with Crippen molar-refractivity contribution in [2.45, 2.75) is 25.9 Å². The van der Waals surface area contributed by atoms with Crippen LogP contribution in [0.4, 0.5) is 11.4 Å². The fourth-order valence-electron chi connectivity index (χ4n) is 4.21. The van der Waals surface area contributed by atoms with E-state index >= 15 is 0 Å². The van der Waals surface area contributed by atoms with Crippen LogP contribution in [-0.4, -0.2) is 5.71 Å². The van der Waals surface area contributed by atoms with Crippen molar-refractivity contribution in [2.24, 2.45) is 5.10 Å². The number of anilines is 2. The lowest BCUT2D eigenvalue weighted by Crippen LogP contribution is -2.18. The second kappa shape index (κ2) is 9.11. The van der Waals surface area contributed by atoms with Gasteiger partial charge in [0.15, 0.2) is 0 Å². The van der Waals surface area contributed by atoms with Gasteiger partial charge in [-0.2, -0.15) is 5.10 Å². The average Bonchev–Trinajstić information content (AvgIpc) is 3.30. The lowest BCUT2D eigenvalue weighted by atomic mass is 9.98. The van der Waals surface area contributed by atoms with Gasteiger partial charge in [0.2, 0.25) is 0 Å². The second-order valence-corrected chi connectivity index (χ2v) is 8.28. The molecule has 4 aromatic carbocycles. The van der Waals surface area contributed by atoms with E-state index < -0.39 is 0 Å². The Morgan fingerprint density at radius 1 is 0.812 bits per heavy atom. The van der Waals surface area contributed by atoms with Crippen LogP contribution in [0.1, 0.15) is 34.7 Å². The van der Waals surface area contributed by atoms with Crippen LogP contribution >= 0.6 is 0 Å². The number of benzene rings is 4. The van der Waals surface area contributed by atoms with E-state index in [1.165, 1.54) is 22.3 Å². The van der Waals surface area contributed by atoms with Crippen LogP contribution in [0.2, 0.25) is 0 Å². The first kappa shape index (κ1) is 20.1. The first-order chi connectivity index (χ1) is 15.8. The highest BCUT2D eigenvalue weighted by atomic mass is 15.5. The Morgan fingerprint density at radius 3 is 2.25 bits per heavy atom. The highest BCUT2D eigenvalue weighted by Crippen LogP contribution is 2.36. The van der Waals surface area contributed by atoms with Gasteiger partial charge >= 0.3 is 0 Å². The molecule has 5 rings (SSSR count). The summed E-state index contributed by atoms with van der Waals surface area (Å²) in [6.45, 7) is 2.91. The Balaban J connectivity index is 1.38. The van der Waals surface area contributed by atoms with Crippen LogP contribution in [0.15, 0.2) is 114 Å². The molecular formula is C29H27N3. The van der Waals surface area contributed by atoms with Crippen LogP contribution in [-0.2, 0) is 6.54 Å². The Bertz CT molecular complexity index is 1200. The molecular weight excluding hydrogens is 390 g/mol. The van der Waals surface area contributed by atoms with Crippen LogP contribution in [0, 0.1) is 6.92 Å². The molecule has 0 radical (unpaired) electrons. The second-order valence-electron chi connectivity index (χ2n) is 8.28. The molecule has 1 unspecified atom stereocenters. The summed E-state index contributed by atoms with van der Waals surface area (Å²) >= 11 is 0. The molecule has 0 saturated carbocycles. The third-order valence-electron chi connectivity index (χ3n) is 5.92. The summed E-state index contributed by atoms with van der Waals surface area (Å²) in [4.78, 5) is 0. The van der Waals surface area contributed by atoms with E-state index in [4.69, 9.17) is 5.10 Å². The minimum Gasteiger partial charge on any atom is -0.381 e. The molecule has 0 fully saturated rings. The van der Waals surface area contributed by atoms with Crippen LogP contribution in [0.25, 0.3) is 0 Å². The van der Waals surface area contributed by atoms with E-state index in [9.17, 15) is 0 Å². The molecule has 3 nitrogen and oxygen atoms in total. The van der Waals surface area contributed by atoms with Gasteiger partial charge in [0, 0.05) is 18.7 Å². The first-order valence-electron chi connectivity index (χ1n) is 11.1. The smallest absolute Gasteiger partial charge is 0.0831 e. The summed E-state index contributed by atoms with van der Waals surface area (Å²) in [5.41, 5.74) is 8.38. The maximum Gasteiger partial charge on any atom is 0.0831 e. The standard InChI is InChI=1S/C29H27N3/c1-22-9-8-14-26(19-22)30-21-23-15-17-27(18-16-23)32-29(25-12-6-3-7-13-25)20-28(31-32)24-10-4-2-5-11-24/h2-19,29-30H,20-21H2,1H3. The van der Waals surface area contributed by atoms with Crippen molar-refractivity contribution in [1.82, 2.24) is 0 Å². The van der Waals surface area contributed by atoms with Gasteiger partial charge in [-0.25, -0.2) is 0 Å². The number of aryl methyl sites for hydroxylation is 1. The Kier molecular flexibility index (Phi) is 5.71. The van der Waals surface area contributed by atoms with Crippen LogP contribution in [0.5, 0.6) is 0 Å². The van der Waals surface area contributed by atoms with E-state index in [1.807, 2.05) is 0 Å². The Labute approximate surface area is 190 Å². The molecule has 0 aromatic heterocycles. The van der Waals surface area contributed by atoms with Gasteiger partial charge in [-0.05, 0) is 53.4 Å². The summed E-state index contributed by atoms with van der Waals surface area (Å²) in [5.74, 6) is 0. The molecule has 1 atom stereocenters. The van der Waals surface area contributed by atoms with E-state index in [-0.39, 0.29) is 6.04 Å². The van der Waals surface area contributed by atoms with Crippen molar-refractivity contribution < 1.29 is 0 Å². The molecule has 4 aromatic rings. The van der Waals surface area contributed by atoms with E-state index in [0.717, 1.165) is 30.1 Å². The van der Waals surface area contributed by atoms with E-state index in [1.54, 1.807) is 0 Å². The maximum absolute atomic E-state index is 5.05. The van der Waals surface area contributed by atoms with Crippen molar-refractivity contribution >= 4 is 17.1 Å². The number of rotatable bonds is 6. The number of hydrazone groups is 1. The third kappa shape index (κ3) is 4.42. The van der Waals surface area contributed by atoms with Gasteiger partial charge < -0.3 is 5.32 Å². The molecule has 1 heterocycles. The summed E-state index contributed by atoms with van der Waals surface area (Å²) in [6.07, 6.45) is 0.894. The minimum atomic E-state index is 0.197. The van der Waals surface area contributed by atoms with E-state index in [2.05, 4.69) is 126 Å². The maximum atomic E-state index is 5.05. The SMILES string of the molecule is Cc1cccc(NCc2ccc(N3N=C(c4ccccc4)CC3c3ccccc3)cc2)c1. The molecule has 32 heavy (non-hydrogen) atoms.